The highest BCUT2D eigenvalue weighted by molar-refractivity contribution is 5.86. The van der Waals surface area contributed by atoms with Crippen molar-refractivity contribution in [1.82, 2.24) is 9.80 Å². The fraction of sp³-hybridized carbons (Fsp3) is 0.571. The van der Waals surface area contributed by atoms with Crippen LogP contribution in [0.4, 0.5) is 15.3 Å². The normalized spacial score (nSPS) is 15.9. The Morgan fingerprint density at radius 1 is 1.13 bits per heavy atom. The molecular formula is C21H31N3O6. The second kappa shape index (κ2) is 10.3. The van der Waals surface area contributed by atoms with Gasteiger partial charge in [0.2, 0.25) is 0 Å². The summed E-state index contributed by atoms with van der Waals surface area (Å²) in [5.74, 6) is -0.351. The number of nitrogens with one attached hydrogen (secondary N) is 1. The van der Waals surface area contributed by atoms with Crippen molar-refractivity contribution in [3.63, 3.8) is 0 Å². The van der Waals surface area contributed by atoms with E-state index in [-0.39, 0.29) is 5.97 Å². The Morgan fingerprint density at radius 3 is 2.33 bits per heavy atom. The summed E-state index contributed by atoms with van der Waals surface area (Å²) in [6.45, 7) is 7.00. The van der Waals surface area contributed by atoms with E-state index >= 15 is 0 Å². The lowest BCUT2D eigenvalue weighted by molar-refractivity contribution is -0.147. The molecule has 9 nitrogen and oxygen atoms in total. The number of para-hydroxylation sites is 1. The van der Waals surface area contributed by atoms with Gasteiger partial charge in [-0.15, -0.1) is 0 Å². The van der Waals surface area contributed by atoms with Crippen LogP contribution in [-0.4, -0.2) is 78.0 Å². The highest BCUT2D eigenvalue weighted by Crippen LogP contribution is 2.21. The minimum absolute atomic E-state index is 0.347. The Morgan fingerprint density at radius 2 is 1.77 bits per heavy atom. The van der Waals surface area contributed by atoms with E-state index < -0.39 is 23.8 Å². The molecule has 1 saturated heterocycles. The number of rotatable bonds is 6. The quantitative estimate of drug-likeness (QED) is 0.680. The fourth-order valence-electron chi connectivity index (χ4n) is 3.38. The highest BCUT2D eigenvalue weighted by Gasteiger charge is 2.31. The van der Waals surface area contributed by atoms with Gasteiger partial charge in [-0.1, -0.05) is 18.2 Å². The topological polar surface area (TPSA) is 108 Å². The van der Waals surface area contributed by atoms with Crippen LogP contribution >= 0.6 is 0 Å². The molecule has 2 N–H and O–H groups in total. The third kappa shape index (κ3) is 6.91. The lowest BCUT2D eigenvalue weighted by Crippen LogP contribution is -2.54. The van der Waals surface area contributed by atoms with Gasteiger partial charge in [-0.05, 0) is 45.2 Å². The standard InChI is InChI=1S/C21H31N3O6/c1-21(2,3)30-19(26)22-16-8-6-5-7-15(16)9-10-17(18(25)29-4)23-11-13-24(14-12-23)20(27)28/h5-8,17H,9-14H2,1-4H3,(H,22,26)(H,27,28)/t17-/m0/s1. The predicted octanol–water partition coefficient (Wildman–Crippen LogP) is 2.80. The molecule has 1 aromatic rings. The van der Waals surface area contributed by atoms with Gasteiger partial charge < -0.3 is 19.5 Å². The summed E-state index contributed by atoms with van der Waals surface area (Å²) in [4.78, 5) is 38.9. The molecule has 30 heavy (non-hydrogen) atoms. The number of esters is 1. The summed E-state index contributed by atoms with van der Waals surface area (Å²) in [7, 11) is 1.35. The van der Waals surface area contributed by atoms with Crippen molar-refractivity contribution in [3.05, 3.63) is 29.8 Å². The number of piperazine rings is 1. The zero-order chi connectivity index (χ0) is 22.3. The maximum Gasteiger partial charge on any atom is 0.412 e. The van der Waals surface area contributed by atoms with Gasteiger partial charge in [0.1, 0.15) is 11.6 Å². The molecule has 1 aliphatic rings. The Bertz CT molecular complexity index is 753. The third-order valence-electron chi connectivity index (χ3n) is 4.84. The number of ether oxygens (including phenoxy) is 2. The summed E-state index contributed by atoms with van der Waals surface area (Å²) >= 11 is 0. The van der Waals surface area contributed by atoms with Gasteiger partial charge in [0.05, 0.1) is 7.11 Å². The molecule has 1 fully saturated rings. The summed E-state index contributed by atoms with van der Waals surface area (Å²) in [5, 5.41) is 11.9. The maximum atomic E-state index is 12.4. The van der Waals surface area contributed by atoms with Gasteiger partial charge in [-0.25, -0.2) is 9.59 Å². The van der Waals surface area contributed by atoms with E-state index in [9.17, 15) is 14.4 Å². The number of hydrogen-bond acceptors (Lipinski definition) is 6. The van der Waals surface area contributed by atoms with E-state index in [4.69, 9.17) is 14.6 Å². The lowest BCUT2D eigenvalue weighted by Gasteiger charge is -2.37. The summed E-state index contributed by atoms with van der Waals surface area (Å²) in [5.41, 5.74) is 0.903. The van der Waals surface area contributed by atoms with Gasteiger partial charge >= 0.3 is 18.2 Å². The molecule has 1 heterocycles. The molecule has 0 saturated carbocycles. The van der Waals surface area contributed by atoms with E-state index in [0.717, 1.165) is 5.56 Å². The SMILES string of the molecule is COC(=O)[C@H](CCc1ccccc1NC(=O)OC(C)(C)C)N1CCN(C(=O)O)CC1. The van der Waals surface area contributed by atoms with Crippen molar-refractivity contribution in [1.29, 1.82) is 0 Å². The van der Waals surface area contributed by atoms with Crippen molar-refractivity contribution in [2.45, 2.75) is 45.3 Å². The number of carboxylic acid groups (broad SMARTS) is 1. The zero-order valence-corrected chi connectivity index (χ0v) is 18.0. The van der Waals surface area contributed by atoms with Gasteiger partial charge in [-0.3, -0.25) is 15.0 Å². The molecule has 0 aliphatic carbocycles. The van der Waals surface area contributed by atoms with E-state index in [2.05, 4.69) is 5.32 Å². The second-order valence-corrected chi connectivity index (χ2v) is 8.17. The molecule has 0 bridgehead atoms. The molecule has 0 spiro atoms. The molecule has 1 atom stereocenters. The largest absolute Gasteiger partial charge is 0.468 e. The number of aryl methyl sites for hydroxylation is 1. The van der Waals surface area contributed by atoms with Crippen LogP contribution in [0.25, 0.3) is 0 Å². The Balaban J connectivity index is 2.04. The molecule has 2 amide bonds. The molecule has 1 aromatic carbocycles. The van der Waals surface area contributed by atoms with Crippen LogP contribution < -0.4 is 5.32 Å². The monoisotopic (exact) mass is 421 g/mol. The Kier molecular flexibility index (Phi) is 8.05. The number of carbonyl (C=O) groups is 3. The van der Waals surface area contributed by atoms with Crippen molar-refractivity contribution in [2.24, 2.45) is 0 Å². The van der Waals surface area contributed by atoms with Crippen LogP contribution in [0.2, 0.25) is 0 Å². The zero-order valence-electron chi connectivity index (χ0n) is 18.0. The number of nitrogens with zero attached hydrogens (tertiary/aromatic N) is 2. The molecule has 0 aromatic heterocycles. The average molecular weight is 421 g/mol. The first-order valence-electron chi connectivity index (χ1n) is 9.98. The summed E-state index contributed by atoms with van der Waals surface area (Å²) in [6, 6.07) is 6.88. The van der Waals surface area contributed by atoms with Crippen molar-refractivity contribution in [3.8, 4) is 0 Å². The van der Waals surface area contributed by atoms with Crippen LogP contribution in [0.5, 0.6) is 0 Å². The van der Waals surface area contributed by atoms with E-state index in [1.807, 2.05) is 23.1 Å². The van der Waals surface area contributed by atoms with E-state index in [1.165, 1.54) is 12.0 Å². The third-order valence-corrected chi connectivity index (χ3v) is 4.84. The van der Waals surface area contributed by atoms with Crippen LogP contribution in [0, 0.1) is 0 Å². The molecule has 9 heteroatoms. The lowest BCUT2D eigenvalue weighted by atomic mass is 10.0. The number of anilines is 1. The number of carbonyl (C=O) groups excluding carboxylic acids is 2. The fourth-order valence-corrected chi connectivity index (χ4v) is 3.38. The molecule has 1 aliphatic heterocycles. The van der Waals surface area contributed by atoms with E-state index in [0.29, 0.717) is 44.7 Å². The first kappa shape index (κ1) is 23.5. The van der Waals surface area contributed by atoms with Crippen LogP contribution in [0.3, 0.4) is 0 Å². The smallest absolute Gasteiger partial charge is 0.412 e. The van der Waals surface area contributed by atoms with Gasteiger partial charge in [0.25, 0.3) is 0 Å². The Labute approximate surface area is 176 Å². The van der Waals surface area contributed by atoms with Crippen molar-refractivity contribution < 1.29 is 29.0 Å². The minimum atomic E-state index is -0.952. The summed E-state index contributed by atoms with van der Waals surface area (Å²) in [6.07, 6.45) is -0.479. The number of amides is 2. The molecular weight excluding hydrogens is 390 g/mol. The van der Waals surface area contributed by atoms with E-state index in [1.54, 1.807) is 26.8 Å². The van der Waals surface area contributed by atoms with Crippen LogP contribution in [0.15, 0.2) is 24.3 Å². The molecule has 0 unspecified atom stereocenters. The predicted molar refractivity (Wildman–Crippen MR) is 112 cm³/mol. The molecule has 0 radical (unpaired) electrons. The average Bonchev–Trinajstić information content (AvgIpc) is 2.68. The first-order chi connectivity index (χ1) is 14.1. The highest BCUT2D eigenvalue weighted by atomic mass is 16.6. The Hall–Kier alpha value is -2.81. The van der Waals surface area contributed by atoms with Crippen LogP contribution in [-0.2, 0) is 20.7 Å². The molecule has 166 valence electrons. The van der Waals surface area contributed by atoms with Crippen molar-refractivity contribution in [2.75, 3.05) is 38.6 Å². The second-order valence-electron chi connectivity index (χ2n) is 8.17. The minimum Gasteiger partial charge on any atom is -0.468 e. The van der Waals surface area contributed by atoms with Crippen LogP contribution in [0.1, 0.15) is 32.8 Å². The maximum absolute atomic E-state index is 12.4. The van der Waals surface area contributed by atoms with Gasteiger partial charge in [0.15, 0.2) is 0 Å². The van der Waals surface area contributed by atoms with Gasteiger partial charge in [0, 0.05) is 31.9 Å². The van der Waals surface area contributed by atoms with Crippen molar-refractivity contribution >= 4 is 23.8 Å². The molecule has 2 rings (SSSR count). The number of methoxy groups -OCH3 is 1. The number of hydrogen-bond donors (Lipinski definition) is 2. The first-order valence-corrected chi connectivity index (χ1v) is 9.98. The summed E-state index contributed by atoms with van der Waals surface area (Å²) < 4.78 is 10.3. The number of benzene rings is 1. The van der Waals surface area contributed by atoms with Gasteiger partial charge in [-0.2, -0.15) is 0 Å².